The van der Waals surface area contributed by atoms with E-state index in [4.69, 9.17) is 0 Å². The lowest BCUT2D eigenvalue weighted by atomic mass is 10.1. The van der Waals surface area contributed by atoms with Gasteiger partial charge < -0.3 is 15.3 Å². The van der Waals surface area contributed by atoms with Gasteiger partial charge in [0.1, 0.15) is 0 Å². The highest BCUT2D eigenvalue weighted by atomic mass is 16.3. The maximum absolute atomic E-state index is 12.0. The summed E-state index contributed by atoms with van der Waals surface area (Å²) in [6.45, 7) is 6.61. The molecule has 0 aromatic rings. The number of urea groups is 1. The van der Waals surface area contributed by atoms with Crippen LogP contribution in [-0.2, 0) is 0 Å². The highest BCUT2D eigenvalue weighted by Crippen LogP contribution is 2.23. The van der Waals surface area contributed by atoms with Crippen molar-refractivity contribution in [3.8, 4) is 0 Å². The SMILES string of the molecule is CC(O)CN1CCN(C(=O)NCC2CCCC2)CC1. The Hall–Kier alpha value is -0.810. The lowest BCUT2D eigenvalue weighted by Gasteiger charge is -2.35. The number of β-amino-alcohol motifs (C(OH)–C–C–N with tert-alkyl or cyclic N) is 1. The number of piperazine rings is 1. The number of hydrogen-bond donors (Lipinski definition) is 2. The van der Waals surface area contributed by atoms with Gasteiger partial charge in [-0.15, -0.1) is 0 Å². The maximum atomic E-state index is 12.0. The van der Waals surface area contributed by atoms with Crippen molar-refractivity contribution in [1.29, 1.82) is 0 Å². The number of amides is 2. The third kappa shape index (κ3) is 4.66. The molecule has 5 heteroatoms. The van der Waals surface area contributed by atoms with E-state index in [1.54, 1.807) is 6.92 Å². The van der Waals surface area contributed by atoms with Gasteiger partial charge in [0.15, 0.2) is 0 Å². The molecule has 2 fully saturated rings. The van der Waals surface area contributed by atoms with E-state index in [0.29, 0.717) is 12.5 Å². The Labute approximate surface area is 115 Å². The molecule has 1 heterocycles. The number of nitrogens with one attached hydrogen (secondary N) is 1. The zero-order valence-corrected chi connectivity index (χ0v) is 12.0. The van der Waals surface area contributed by atoms with Crippen molar-refractivity contribution < 1.29 is 9.90 Å². The second-order valence-electron chi connectivity index (χ2n) is 5.97. The van der Waals surface area contributed by atoms with E-state index in [-0.39, 0.29) is 12.1 Å². The van der Waals surface area contributed by atoms with Crippen molar-refractivity contribution >= 4 is 6.03 Å². The number of hydrogen-bond acceptors (Lipinski definition) is 3. The average molecular weight is 269 g/mol. The molecule has 1 saturated heterocycles. The minimum atomic E-state index is -0.289. The van der Waals surface area contributed by atoms with Crippen molar-refractivity contribution in [2.24, 2.45) is 5.92 Å². The number of nitrogens with zero attached hydrogens (tertiary/aromatic N) is 2. The minimum Gasteiger partial charge on any atom is -0.392 e. The topological polar surface area (TPSA) is 55.8 Å². The molecule has 0 aromatic heterocycles. The van der Waals surface area contributed by atoms with Gasteiger partial charge in [-0.25, -0.2) is 4.79 Å². The summed E-state index contributed by atoms with van der Waals surface area (Å²) < 4.78 is 0. The van der Waals surface area contributed by atoms with Gasteiger partial charge in [-0.1, -0.05) is 12.8 Å². The van der Waals surface area contributed by atoms with Gasteiger partial charge in [-0.05, 0) is 25.7 Å². The zero-order valence-electron chi connectivity index (χ0n) is 12.0. The Kier molecular flexibility index (Phi) is 5.45. The molecule has 1 unspecified atom stereocenters. The second kappa shape index (κ2) is 7.10. The standard InChI is InChI=1S/C14H27N3O2/c1-12(18)11-16-6-8-17(9-7-16)14(19)15-10-13-4-2-3-5-13/h12-13,18H,2-11H2,1H3,(H,15,19). The Morgan fingerprint density at radius 1 is 1.26 bits per heavy atom. The van der Waals surface area contributed by atoms with Crippen LogP contribution in [0.15, 0.2) is 0 Å². The molecule has 2 rings (SSSR count). The van der Waals surface area contributed by atoms with Crippen LogP contribution in [0.1, 0.15) is 32.6 Å². The minimum absolute atomic E-state index is 0.0867. The predicted octanol–water partition coefficient (Wildman–Crippen LogP) is 0.885. The number of aliphatic hydroxyl groups excluding tert-OH is 1. The van der Waals surface area contributed by atoms with Gasteiger partial charge in [-0.3, -0.25) is 4.90 Å². The summed E-state index contributed by atoms with van der Waals surface area (Å²) >= 11 is 0. The first-order chi connectivity index (χ1) is 9.15. The molecule has 0 aromatic carbocycles. The van der Waals surface area contributed by atoms with E-state index in [2.05, 4.69) is 10.2 Å². The van der Waals surface area contributed by atoms with Gasteiger partial charge in [0, 0.05) is 39.3 Å². The van der Waals surface area contributed by atoms with Crippen LogP contribution in [0.4, 0.5) is 4.79 Å². The Morgan fingerprint density at radius 2 is 1.89 bits per heavy atom. The van der Waals surface area contributed by atoms with Crippen LogP contribution in [0.5, 0.6) is 0 Å². The van der Waals surface area contributed by atoms with E-state index < -0.39 is 0 Å². The third-order valence-electron chi connectivity index (χ3n) is 4.20. The van der Waals surface area contributed by atoms with Crippen molar-refractivity contribution in [1.82, 2.24) is 15.1 Å². The van der Waals surface area contributed by atoms with E-state index in [0.717, 1.165) is 32.7 Å². The Bertz CT molecular complexity index is 282. The number of carbonyl (C=O) groups excluding carboxylic acids is 1. The summed E-state index contributed by atoms with van der Waals surface area (Å²) in [5.41, 5.74) is 0. The molecular formula is C14H27N3O2. The molecule has 0 spiro atoms. The van der Waals surface area contributed by atoms with Crippen LogP contribution in [0.2, 0.25) is 0 Å². The molecule has 1 aliphatic carbocycles. The second-order valence-corrected chi connectivity index (χ2v) is 5.97. The van der Waals surface area contributed by atoms with Crippen LogP contribution in [0, 0.1) is 5.92 Å². The van der Waals surface area contributed by atoms with Gasteiger partial charge in [0.2, 0.25) is 0 Å². The summed E-state index contributed by atoms with van der Waals surface area (Å²) in [5, 5.41) is 12.4. The quantitative estimate of drug-likeness (QED) is 0.797. The number of rotatable bonds is 4. The molecule has 0 radical (unpaired) electrons. The van der Waals surface area contributed by atoms with Gasteiger partial charge in [0.05, 0.1) is 6.10 Å². The lowest BCUT2D eigenvalue weighted by Crippen LogP contribution is -2.53. The van der Waals surface area contributed by atoms with Crippen LogP contribution >= 0.6 is 0 Å². The van der Waals surface area contributed by atoms with E-state index in [1.165, 1.54) is 25.7 Å². The summed E-state index contributed by atoms with van der Waals surface area (Å²) in [6, 6.07) is 0.0867. The van der Waals surface area contributed by atoms with Crippen molar-refractivity contribution in [3.05, 3.63) is 0 Å². The lowest BCUT2D eigenvalue weighted by molar-refractivity contribution is 0.0896. The predicted molar refractivity (Wildman–Crippen MR) is 75.1 cm³/mol. The molecule has 0 bridgehead atoms. The van der Waals surface area contributed by atoms with Crippen LogP contribution in [0.25, 0.3) is 0 Å². The summed E-state index contributed by atoms with van der Waals surface area (Å²) in [7, 11) is 0. The fourth-order valence-corrected chi connectivity index (χ4v) is 3.07. The van der Waals surface area contributed by atoms with Gasteiger partial charge in [-0.2, -0.15) is 0 Å². The highest BCUT2D eigenvalue weighted by Gasteiger charge is 2.22. The monoisotopic (exact) mass is 269 g/mol. The van der Waals surface area contributed by atoms with Gasteiger partial charge in [0.25, 0.3) is 0 Å². The summed E-state index contributed by atoms with van der Waals surface area (Å²) in [6.07, 6.45) is 4.88. The maximum Gasteiger partial charge on any atom is 0.317 e. The molecule has 1 atom stereocenters. The van der Waals surface area contributed by atoms with Crippen molar-refractivity contribution in [3.63, 3.8) is 0 Å². The normalized spacial score (nSPS) is 23.6. The largest absolute Gasteiger partial charge is 0.392 e. The van der Waals surface area contributed by atoms with Crippen LogP contribution < -0.4 is 5.32 Å². The molecular weight excluding hydrogens is 242 g/mol. The van der Waals surface area contributed by atoms with E-state index in [9.17, 15) is 9.90 Å². The van der Waals surface area contributed by atoms with Crippen LogP contribution in [-0.4, -0.2) is 66.3 Å². The first kappa shape index (κ1) is 14.6. The van der Waals surface area contributed by atoms with Crippen LogP contribution in [0.3, 0.4) is 0 Å². The van der Waals surface area contributed by atoms with Gasteiger partial charge >= 0.3 is 6.03 Å². The first-order valence-corrected chi connectivity index (χ1v) is 7.58. The van der Waals surface area contributed by atoms with E-state index >= 15 is 0 Å². The number of carbonyl (C=O) groups is 1. The summed E-state index contributed by atoms with van der Waals surface area (Å²) in [5.74, 6) is 0.695. The highest BCUT2D eigenvalue weighted by molar-refractivity contribution is 5.74. The molecule has 19 heavy (non-hydrogen) atoms. The Morgan fingerprint density at radius 3 is 2.47 bits per heavy atom. The fraction of sp³-hybridized carbons (Fsp3) is 0.929. The first-order valence-electron chi connectivity index (χ1n) is 7.58. The molecule has 2 N–H and O–H groups in total. The van der Waals surface area contributed by atoms with Crippen molar-refractivity contribution in [2.75, 3.05) is 39.3 Å². The molecule has 5 nitrogen and oxygen atoms in total. The molecule has 1 aliphatic heterocycles. The van der Waals surface area contributed by atoms with Crippen molar-refractivity contribution in [2.45, 2.75) is 38.7 Å². The van der Waals surface area contributed by atoms with E-state index in [1.807, 2.05) is 4.90 Å². The molecule has 110 valence electrons. The average Bonchev–Trinajstić information content (AvgIpc) is 2.89. The smallest absolute Gasteiger partial charge is 0.317 e. The molecule has 2 amide bonds. The fourth-order valence-electron chi connectivity index (χ4n) is 3.07. The molecule has 1 saturated carbocycles. The third-order valence-corrected chi connectivity index (χ3v) is 4.20. The zero-order chi connectivity index (χ0) is 13.7. The summed E-state index contributed by atoms with van der Waals surface area (Å²) in [4.78, 5) is 16.1. The molecule has 2 aliphatic rings. The number of aliphatic hydroxyl groups is 1. The Balaban J connectivity index is 1.64.